The van der Waals surface area contributed by atoms with Gasteiger partial charge in [0.15, 0.2) is 17.3 Å². The van der Waals surface area contributed by atoms with E-state index in [0.29, 0.717) is 43.0 Å². The minimum Gasteiger partial charge on any atom is -0.490 e. The fourth-order valence-electron chi connectivity index (χ4n) is 5.42. The molecule has 0 bridgehead atoms. The number of anilines is 1. The van der Waals surface area contributed by atoms with Crippen molar-refractivity contribution in [3.05, 3.63) is 42.0 Å². The zero-order chi connectivity index (χ0) is 32.2. The Labute approximate surface area is 265 Å². The molecule has 0 saturated carbocycles. The van der Waals surface area contributed by atoms with Crippen LogP contribution in [0.3, 0.4) is 0 Å². The first-order valence-corrected chi connectivity index (χ1v) is 15.8. The van der Waals surface area contributed by atoms with Crippen molar-refractivity contribution in [3.8, 4) is 34.3 Å². The lowest BCUT2D eigenvalue weighted by atomic mass is 9.99. The molecule has 11 nitrogen and oxygen atoms in total. The summed E-state index contributed by atoms with van der Waals surface area (Å²) in [7, 11) is 0. The number of alkyl carbamates (subject to hydrolysis) is 1. The van der Waals surface area contributed by atoms with Gasteiger partial charge in [-0.1, -0.05) is 31.1 Å². The number of carbonyl (C=O) groups is 1. The zero-order valence-corrected chi connectivity index (χ0v) is 27.5. The molecule has 3 heterocycles. The highest BCUT2D eigenvalue weighted by Gasteiger charge is 2.44. The SMILES string of the molecule is CCCOc1ccc(-c2nc(-c3cccc4c3CCN4CC3(NC(=O)OC(C)(C)C)COC(C)(C)OC3)no2)cc1OCCC. The predicted octanol–water partition coefficient (Wildman–Crippen LogP) is 6.39. The molecule has 11 heteroatoms. The Morgan fingerprint density at radius 1 is 1.02 bits per heavy atom. The molecule has 5 rings (SSSR count). The third-order valence-electron chi connectivity index (χ3n) is 7.56. The number of benzene rings is 2. The maximum atomic E-state index is 12.9. The second-order valence-corrected chi connectivity index (χ2v) is 13.1. The van der Waals surface area contributed by atoms with Gasteiger partial charge in [-0.25, -0.2) is 4.79 Å². The number of hydrogen-bond acceptors (Lipinski definition) is 10. The molecule has 1 aromatic heterocycles. The van der Waals surface area contributed by atoms with E-state index in [4.69, 9.17) is 33.2 Å². The molecule has 2 aliphatic rings. The molecular formula is C34H46N4O7. The fourth-order valence-corrected chi connectivity index (χ4v) is 5.42. The molecule has 45 heavy (non-hydrogen) atoms. The van der Waals surface area contributed by atoms with Gasteiger partial charge in [0.05, 0.1) is 26.4 Å². The van der Waals surface area contributed by atoms with E-state index in [1.165, 1.54) is 0 Å². The predicted molar refractivity (Wildman–Crippen MR) is 171 cm³/mol. The first-order chi connectivity index (χ1) is 21.4. The number of nitrogens with one attached hydrogen (secondary N) is 1. The maximum Gasteiger partial charge on any atom is 0.408 e. The molecule has 1 saturated heterocycles. The van der Waals surface area contributed by atoms with Gasteiger partial charge in [0.25, 0.3) is 5.89 Å². The van der Waals surface area contributed by atoms with Gasteiger partial charge in [-0.15, -0.1) is 0 Å². The minimum absolute atomic E-state index is 0.283. The third-order valence-corrected chi connectivity index (χ3v) is 7.56. The highest BCUT2D eigenvalue weighted by molar-refractivity contribution is 5.74. The van der Waals surface area contributed by atoms with Crippen molar-refractivity contribution in [2.24, 2.45) is 0 Å². The average molecular weight is 623 g/mol. The monoisotopic (exact) mass is 622 g/mol. The van der Waals surface area contributed by atoms with Crippen LogP contribution in [-0.2, 0) is 20.6 Å². The molecule has 2 aliphatic heterocycles. The average Bonchev–Trinajstić information content (AvgIpc) is 3.64. The first-order valence-electron chi connectivity index (χ1n) is 15.8. The van der Waals surface area contributed by atoms with Crippen LogP contribution < -0.4 is 19.7 Å². The van der Waals surface area contributed by atoms with Gasteiger partial charge in [-0.05, 0) is 83.7 Å². The van der Waals surface area contributed by atoms with Crippen LogP contribution in [0.4, 0.5) is 10.5 Å². The first kappa shape index (κ1) is 32.6. The Morgan fingerprint density at radius 2 is 1.73 bits per heavy atom. The molecule has 0 unspecified atom stereocenters. The summed E-state index contributed by atoms with van der Waals surface area (Å²) in [6.07, 6.45) is 2.06. The standard InChI is InChI=1S/C34H46N4O7/c1-8-17-40-27-14-13-23(19-28(27)41-18-9-2)30-35-29(37-45-30)25-11-10-12-26-24(25)15-16-38(26)20-34(21-42-33(6,7)43-22-34)36-31(39)44-32(3,4)5/h10-14,19H,8-9,15-18,20-22H2,1-7H3,(H,36,39). The maximum absolute atomic E-state index is 12.9. The molecule has 3 aromatic rings. The van der Waals surface area contributed by atoms with E-state index in [1.807, 2.05) is 65.0 Å². The van der Waals surface area contributed by atoms with E-state index in [0.717, 1.165) is 48.2 Å². The van der Waals surface area contributed by atoms with Crippen LogP contribution >= 0.6 is 0 Å². The summed E-state index contributed by atoms with van der Waals surface area (Å²) in [5.74, 6) is 1.54. The molecule has 0 radical (unpaired) electrons. The van der Waals surface area contributed by atoms with Crippen LogP contribution in [0, 0.1) is 0 Å². The molecule has 244 valence electrons. The van der Waals surface area contributed by atoms with Gasteiger partial charge in [-0.3, -0.25) is 0 Å². The lowest BCUT2D eigenvalue weighted by Gasteiger charge is -2.45. The second-order valence-electron chi connectivity index (χ2n) is 13.1. The number of aromatic nitrogens is 2. The number of nitrogens with zero attached hydrogens (tertiary/aromatic N) is 3. The van der Waals surface area contributed by atoms with Gasteiger partial charge in [-0.2, -0.15) is 4.98 Å². The highest BCUT2D eigenvalue weighted by atomic mass is 16.7. The largest absolute Gasteiger partial charge is 0.490 e. The molecule has 2 aromatic carbocycles. The molecule has 1 N–H and O–H groups in total. The summed E-state index contributed by atoms with van der Waals surface area (Å²) in [4.78, 5) is 19.9. The number of hydrogen-bond donors (Lipinski definition) is 1. The van der Waals surface area contributed by atoms with Gasteiger partial charge in [0.2, 0.25) is 5.82 Å². The van der Waals surface area contributed by atoms with Crippen molar-refractivity contribution in [1.29, 1.82) is 0 Å². The van der Waals surface area contributed by atoms with E-state index in [2.05, 4.69) is 35.3 Å². The fraction of sp³-hybridized carbons (Fsp3) is 0.559. The van der Waals surface area contributed by atoms with Crippen molar-refractivity contribution in [2.45, 2.75) is 84.7 Å². The van der Waals surface area contributed by atoms with Gasteiger partial charge >= 0.3 is 6.09 Å². The molecule has 0 atom stereocenters. The van der Waals surface area contributed by atoms with Crippen LogP contribution in [0.1, 0.15) is 66.9 Å². The molecule has 1 fully saturated rings. The number of carbonyl (C=O) groups excluding carboxylic acids is 1. The van der Waals surface area contributed by atoms with Gasteiger partial charge < -0.3 is 38.4 Å². The molecular weight excluding hydrogens is 576 g/mol. The van der Waals surface area contributed by atoms with E-state index >= 15 is 0 Å². The van der Waals surface area contributed by atoms with Crippen molar-refractivity contribution < 1.29 is 33.0 Å². The highest BCUT2D eigenvalue weighted by Crippen LogP contribution is 2.38. The number of amides is 1. The lowest BCUT2D eigenvalue weighted by Crippen LogP contribution is -2.66. The van der Waals surface area contributed by atoms with Crippen LogP contribution in [0.5, 0.6) is 11.5 Å². The van der Waals surface area contributed by atoms with Crippen molar-refractivity contribution >= 4 is 11.8 Å². The Morgan fingerprint density at radius 3 is 2.42 bits per heavy atom. The van der Waals surface area contributed by atoms with Gasteiger partial charge in [0, 0.05) is 29.9 Å². The van der Waals surface area contributed by atoms with E-state index in [9.17, 15) is 4.79 Å². The van der Waals surface area contributed by atoms with Gasteiger partial charge in [0.1, 0.15) is 11.1 Å². The number of rotatable bonds is 11. The third kappa shape index (κ3) is 7.88. The summed E-state index contributed by atoms with van der Waals surface area (Å²) in [5, 5.41) is 7.43. The summed E-state index contributed by atoms with van der Waals surface area (Å²) in [6, 6.07) is 11.8. The van der Waals surface area contributed by atoms with Crippen LogP contribution in [0.2, 0.25) is 0 Å². The zero-order valence-electron chi connectivity index (χ0n) is 27.5. The van der Waals surface area contributed by atoms with E-state index in [1.54, 1.807) is 0 Å². The van der Waals surface area contributed by atoms with Crippen LogP contribution in [-0.4, -0.2) is 72.7 Å². The summed E-state index contributed by atoms with van der Waals surface area (Å²) in [6.45, 7) is 16.4. The second kappa shape index (κ2) is 13.3. The smallest absolute Gasteiger partial charge is 0.408 e. The van der Waals surface area contributed by atoms with Crippen LogP contribution in [0.25, 0.3) is 22.8 Å². The number of fused-ring (bicyclic) bond motifs is 1. The normalized spacial score (nSPS) is 17.1. The minimum atomic E-state index is -0.806. The number of ether oxygens (including phenoxy) is 5. The molecule has 1 amide bonds. The Bertz CT molecular complexity index is 1470. The van der Waals surface area contributed by atoms with Crippen LogP contribution in [0.15, 0.2) is 40.9 Å². The Hall–Kier alpha value is -3.83. The summed E-state index contributed by atoms with van der Waals surface area (Å²) < 4.78 is 35.3. The Balaban J connectivity index is 1.38. The lowest BCUT2D eigenvalue weighted by molar-refractivity contribution is -0.269. The summed E-state index contributed by atoms with van der Waals surface area (Å²) >= 11 is 0. The molecule has 0 spiro atoms. The van der Waals surface area contributed by atoms with Crippen molar-refractivity contribution in [3.63, 3.8) is 0 Å². The van der Waals surface area contributed by atoms with Crippen molar-refractivity contribution in [2.75, 3.05) is 44.4 Å². The van der Waals surface area contributed by atoms with Crippen molar-refractivity contribution in [1.82, 2.24) is 15.5 Å². The Kier molecular flexibility index (Phi) is 9.60. The van der Waals surface area contributed by atoms with E-state index < -0.39 is 23.0 Å². The molecule has 0 aliphatic carbocycles. The van der Waals surface area contributed by atoms with E-state index in [-0.39, 0.29) is 13.2 Å². The topological polar surface area (TPSA) is 117 Å². The summed E-state index contributed by atoms with van der Waals surface area (Å²) in [5.41, 5.74) is 2.38. The quantitative estimate of drug-likeness (QED) is 0.258.